The first-order valence-electron chi connectivity index (χ1n) is 8.93. The average Bonchev–Trinajstić information content (AvgIpc) is 3.01. The summed E-state index contributed by atoms with van der Waals surface area (Å²) in [6.45, 7) is 3.78. The predicted octanol–water partition coefficient (Wildman–Crippen LogP) is 3.02. The van der Waals surface area contributed by atoms with Crippen molar-refractivity contribution in [3.05, 3.63) is 47.5 Å². The summed E-state index contributed by atoms with van der Waals surface area (Å²) >= 11 is 0. The summed E-state index contributed by atoms with van der Waals surface area (Å²) in [6.07, 6.45) is 0.866. The van der Waals surface area contributed by atoms with Gasteiger partial charge in [-0.1, -0.05) is 25.1 Å². The number of nitrogens with one attached hydrogen (secondary N) is 1. The first-order chi connectivity index (χ1) is 13.3. The monoisotopic (exact) mass is 402 g/mol. The largest absolute Gasteiger partial charge is 0.495 e. The van der Waals surface area contributed by atoms with Crippen LogP contribution in [0, 0.1) is 6.92 Å². The highest BCUT2D eigenvalue weighted by Gasteiger charge is 2.33. The van der Waals surface area contributed by atoms with Gasteiger partial charge in [0.25, 0.3) is 10.0 Å². The number of carbonyl (C=O) groups is 2. The summed E-state index contributed by atoms with van der Waals surface area (Å²) in [7, 11) is -2.54. The van der Waals surface area contributed by atoms with Crippen LogP contribution in [0.3, 0.4) is 0 Å². The molecule has 1 heterocycles. The Morgan fingerprint density at radius 3 is 2.39 bits per heavy atom. The topological polar surface area (TPSA) is 92.8 Å². The molecule has 0 atom stereocenters. The highest BCUT2D eigenvalue weighted by Crippen LogP contribution is 2.35. The Labute approximate surface area is 164 Å². The first-order valence-corrected chi connectivity index (χ1v) is 10.4. The predicted molar refractivity (Wildman–Crippen MR) is 106 cm³/mol. The molecule has 1 N–H and O–H groups in total. The number of aryl methyl sites for hydroxylation is 2. The SMILES string of the molecule is CCc1cccc(C)c1NS(=O)(=O)c1ccc(OC)c(N2C(=O)CCC2=O)c1. The van der Waals surface area contributed by atoms with Crippen LogP contribution in [0.1, 0.15) is 30.9 Å². The van der Waals surface area contributed by atoms with E-state index < -0.39 is 10.0 Å². The Balaban J connectivity index is 2.05. The van der Waals surface area contributed by atoms with Crippen LogP contribution in [0.2, 0.25) is 0 Å². The van der Waals surface area contributed by atoms with Crippen LogP contribution >= 0.6 is 0 Å². The highest BCUT2D eigenvalue weighted by atomic mass is 32.2. The van der Waals surface area contributed by atoms with Gasteiger partial charge in [-0.25, -0.2) is 13.3 Å². The number of carbonyl (C=O) groups excluding carboxylic acids is 2. The van der Waals surface area contributed by atoms with Gasteiger partial charge in [0, 0.05) is 12.8 Å². The molecule has 0 bridgehead atoms. The van der Waals surface area contributed by atoms with Crippen LogP contribution < -0.4 is 14.4 Å². The number of sulfonamides is 1. The third-order valence-corrected chi connectivity index (χ3v) is 6.08. The van der Waals surface area contributed by atoms with Crippen LogP contribution in [-0.2, 0) is 26.0 Å². The highest BCUT2D eigenvalue weighted by molar-refractivity contribution is 7.92. The normalized spacial score (nSPS) is 14.5. The van der Waals surface area contributed by atoms with E-state index >= 15 is 0 Å². The minimum Gasteiger partial charge on any atom is -0.495 e. The van der Waals surface area contributed by atoms with Crippen molar-refractivity contribution in [2.24, 2.45) is 0 Å². The van der Waals surface area contributed by atoms with E-state index in [0.717, 1.165) is 16.0 Å². The molecule has 0 aromatic heterocycles. The van der Waals surface area contributed by atoms with Crippen molar-refractivity contribution in [1.29, 1.82) is 0 Å². The molecule has 8 heteroatoms. The molecule has 2 amide bonds. The van der Waals surface area contributed by atoms with Gasteiger partial charge in [-0.15, -0.1) is 0 Å². The summed E-state index contributed by atoms with van der Waals surface area (Å²) in [5, 5.41) is 0. The van der Waals surface area contributed by atoms with Gasteiger partial charge in [-0.05, 0) is 42.7 Å². The van der Waals surface area contributed by atoms with Gasteiger partial charge < -0.3 is 4.74 Å². The molecule has 1 fully saturated rings. The molecular formula is C20H22N2O5S. The maximum Gasteiger partial charge on any atom is 0.261 e. The number of para-hydroxylation sites is 1. The van der Waals surface area contributed by atoms with Crippen molar-refractivity contribution >= 4 is 33.2 Å². The second-order valence-electron chi connectivity index (χ2n) is 6.52. The van der Waals surface area contributed by atoms with Crippen molar-refractivity contribution in [2.45, 2.75) is 38.0 Å². The van der Waals surface area contributed by atoms with Crippen LogP contribution in [-0.4, -0.2) is 27.3 Å². The van der Waals surface area contributed by atoms with Gasteiger partial charge in [-0.3, -0.25) is 14.3 Å². The van der Waals surface area contributed by atoms with Gasteiger partial charge in [0.05, 0.1) is 23.4 Å². The van der Waals surface area contributed by atoms with E-state index in [1.165, 1.54) is 25.3 Å². The summed E-state index contributed by atoms with van der Waals surface area (Å²) in [5.74, 6) is -0.497. The van der Waals surface area contributed by atoms with Crippen molar-refractivity contribution < 1.29 is 22.7 Å². The van der Waals surface area contributed by atoms with Crippen molar-refractivity contribution in [2.75, 3.05) is 16.7 Å². The van der Waals surface area contributed by atoms with Gasteiger partial charge in [0.2, 0.25) is 11.8 Å². The summed E-state index contributed by atoms with van der Waals surface area (Å²) in [5.41, 5.74) is 2.36. The van der Waals surface area contributed by atoms with Gasteiger partial charge >= 0.3 is 0 Å². The van der Waals surface area contributed by atoms with Crippen LogP contribution in [0.5, 0.6) is 5.75 Å². The molecule has 148 valence electrons. The number of imide groups is 1. The zero-order chi connectivity index (χ0) is 20.5. The molecule has 2 aromatic rings. The van der Waals surface area contributed by atoms with E-state index in [2.05, 4.69) is 4.72 Å². The Kier molecular flexibility index (Phi) is 5.42. The molecule has 0 radical (unpaired) electrons. The molecule has 0 spiro atoms. The lowest BCUT2D eigenvalue weighted by molar-refractivity contribution is -0.121. The van der Waals surface area contributed by atoms with Crippen molar-refractivity contribution in [3.63, 3.8) is 0 Å². The maximum atomic E-state index is 13.0. The minimum atomic E-state index is -3.94. The average molecular weight is 402 g/mol. The number of nitrogens with zero attached hydrogens (tertiary/aromatic N) is 1. The van der Waals surface area contributed by atoms with Gasteiger partial charge in [-0.2, -0.15) is 0 Å². The summed E-state index contributed by atoms with van der Waals surface area (Å²) in [6, 6.07) is 9.71. The zero-order valence-electron chi connectivity index (χ0n) is 16.0. The Hall–Kier alpha value is -2.87. The molecule has 0 aliphatic carbocycles. The minimum absolute atomic E-state index is 0.0545. The van der Waals surface area contributed by atoms with Gasteiger partial charge in [0.15, 0.2) is 0 Å². The second-order valence-corrected chi connectivity index (χ2v) is 8.21. The van der Waals surface area contributed by atoms with Crippen molar-refractivity contribution in [1.82, 2.24) is 0 Å². The fraction of sp³-hybridized carbons (Fsp3) is 0.300. The lowest BCUT2D eigenvalue weighted by atomic mass is 10.1. The Morgan fingerprint density at radius 1 is 1.11 bits per heavy atom. The van der Waals surface area contributed by atoms with E-state index in [-0.39, 0.29) is 41.0 Å². The van der Waals surface area contributed by atoms with E-state index in [4.69, 9.17) is 4.74 Å². The first kappa shape index (κ1) is 19.9. The second kappa shape index (κ2) is 7.63. The molecule has 28 heavy (non-hydrogen) atoms. The molecule has 1 aliphatic heterocycles. The molecule has 1 saturated heterocycles. The van der Waals surface area contributed by atoms with E-state index in [9.17, 15) is 18.0 Å². The molecule has 0 saturated carbocycles. The fourth-order valence-electron chi connectivity index (χ4n) is 3.22. The van der Waals surface area contributed by atoms with E-state index in [0.29, 0.717) is 12.1 Å². The maximum absolute atomic E-state index is 13.0. The lowest BCUT2D eigenvalue weighted by Crippen LogP contribution is -2.29. The summed E-state index contributed by atoms with van der Waals surface area (Å²) < 4.78 is 33.9. The molecule has 3 rings (SSSR count). The van der Waals surface area contributed by atoms with E-state index in [1.807, 2.05) is 32.0 Å². The van der Waals surface area contributed by atoms with Crippen LogP contribution in [0.4, 0.5) is 11.4 Å². The number of ether oxygens (including phenoxy) is 1. The third-order valence-electron chi connectivity index (χ3n) is 4.73. The smallest absolute Gasteiger partial charge is 0.261 e. The van der Waals surface area contributed by atoms with Crippen LogP contribution in [0.15, 0.2) is 41.3 Å². The Bertz CT molecular complexity index is 1030. The number of benzene rings is 2. The Morgan fingerprint density at radius 2 is 1.79 bits per heavy atom. The standard InChI is InChI=1S/C20H22N2O5S/c1-4-14-7-5-6-13(2)20(14)21-28(25,26)15-8-9-17(27-3)16(12-15)22-18(23)10-11-19(22)24/h5-9,12,21H,4,10-11H2,1-3H3. The fourth-order valence-corrected chi connectivity index (χ4v) is 4.41. The number of hydrogen-bond acceptors (Lipinski definition) is 5. The summed E-state index contributed by atoms with van der Waals surface area (Å²) in [4.78, 5) is 25.2. The van der Waals surface area contributed by atoms with Gasteiger partial charge in [0.1, 0.15) is 5.75 Å². The molecular weight excluding hydrogens is 380 g/mol. The van der Waals surface area contributed by atoms with E-state index in [1.54, 1.807) is 0 Å². The van der Waals surface area contributed by atoms with Crippen molar-refractivity contribution in [3.8, 4) is 5.75 Å². The quantitative estimate of drug-likeness (QED) is 0.750. The molecule has 0 unspecified atom stereocenters. The number of hydrogen-bond donors (Lipinski definition) is 1. The third kappa shape index (κ3) is 3.60. The molecule has 2 aromatic carbocycles. The molecule has 1 aliphatic rings. The molecule has 7 nitrogen and oxygen atoms in total. The zero-order valence-corrected chi connectivity index (χ0v) is 16.8. The number of anilines is 2. The number of rotatable bonds is 6. The lowest BCUT2D eigenvalue weighted by Gasteiger charge is -2.19. The number of methoxy groups -OCH3 is 1. The van der Waals surface area contributed by atoms with Crippen LogP contribution in [0.25, 0.3) is 0 Å². The number of amides is 2.